The summed E-state index contributed by atoms with van der Waals surface area (Å²) < 4.78 is 43.7. The zero-order valence-electron chi connectivity index (χ0n) is 18.5. The van der Waals surface area contributed by atoms with Gasteiger partial charge in [0.05, 0.1) is 12.4 Å². The monoisotopic (exact) mass is 447 g/mol. The predicted molar refractivity (Wildman–Crippen MR) is 118 cm³/mol. The van der Waals surface area contributed by atoms with Gasteiger partial charge in [-0.2, -0.15) is 5.10 Å². The molecule has 0 saturated heterocycles. The van der Waals surface area contributed by atoms with Crippen molar-refractivity contribution in [3.8, 4) is 12.3 Å². The van der Waals surface area contributed by atoms with E-state index in [2.05, 4.69) is 22.9 Å². The zero-order valence-corrected chi connectivity index (χ0v) is 18.5. The van der Waals surface area contributed by atoms with Gasteiger partial charge < -0.3 is 19.5 Å². The van der Waals surface area contributed by atoms with Crippen LogP contribution in [-0.4, -0.2) is 42.2 Å². The second kappa shape index (κ2) is 13.6. The Morgan fingerprint density at radius 1 is 1.44 bits per heavy atom. The van der Waals surface area contributed by atoms with Crippen molar-refractivity contribution in [2.45, 2.75) is 20.0 Å². The highest BCUT2D eigenvalue weighted by Gasteiger charge is 2.11. The van der Waals surface area contributed by atoms with Gasteiger partial charge in [0.2, 0.25) is 0 Å². The minimum absolute atomic E-state index is 0.00999. The van der Waals surface area contributed by atoms with Crippen LogP contribution >= 0.6 is 0 Å². The van der Waals surface area contributed by atoms with Crippen molar-refractivity contribution in [1.29, 1.82) is 0 Å². The molecule has 0 bridgehead atoms. The topological polar surface area (TPSA) is 74.6 Å². The molecule has 0 aliphatic carbocycles. The molecular weight excluding hydrogens is 420 g/mol. The third kappa shape index (κ3) is 9.91. The van der Waals surface area contributed by atoms with Crippen LogP contribution in [0.5, 0.6) is 0 Å². The van der Waals surface area contributed by atoms with Crippen LogP contribution in [0.25, 0.3) is 0 Å². The van der Waals surface area contributed by atoms with Crippen molar-refractivity contribution in [3.63, 3.8) is 0 Å². The first-order valence-corrected chi connectivity index (χ1v) is 9.51. The number of hydrogen-bond donors (Lipinski definition) is 1. The molecule has 0 aromatic carbocycles. The van der Waals surface area contributed by atoms with Gasteiger partial charge in [-0.25, -0.2) is 8.78 Å². The van der Waals surface area contributed by atoms with Gasteiger partial charge in [0.15, 0.2) is 11.6 Å². The Balaban J connectivity index is 3.16. The van der Waals surface area contributed by atoms with Gasteiger partial charge in [0.25, 0.3) is 5.91 Å². The summed E-state index contributed by atoms with van der Waals surface area (Å²) in [6.45, 7) is 6.52. The first kappa shape index (κ1) is 26.4. The van der Waals surface area contributed by atoms with Crippen LogP contribution in [0.2, 0.25) is 0 Å². The van der Waals surface area contributed by atoms with E-state index in [0.29, 0.717) is 24.3 Å². The average Bonchev–Trinajstić information content (AvgIpc) is 3.11. The average molecular weight is 447 g/mol. The van der Waals surface area contributed by atoms with Crippen molar-refractivity contribution in [1.82, 2.24) is 9.78 Å². The highest BCUT2D eigenvalue weighted by atomic mass is 19.1. The second-order valence-corrected chi connectivity index (χ2v) is 6.54. The molecule has 32 heavy (non-hydrogen) atoms. The SMILES string of the molecule is C#C/C(=C\C(F)=C/CF)OC(/C=C(\C)OC(C)COC)=C/C(=C)C(=O)Nc1ccn(C)n1. The third-order valence-corrected chi connectivity index (χ3v) is 3.61. The summed E-state index contributed by atoms with van der Waals surface area (Å²) in [4.78, 5) is 12.4. The van der Waals surface area contributed by atoms with Gasteiger partial charge in [-0.3, -0.25) is 9.48 Å². The molecule has 1 heterocycles. The number of anilines is 1. The van der Waals surface area contributed by atoms with E-state index in [1.807, 2.05) is 0 Å². The summed E-state index contributed by atoms with van der Waals surface area (Å²) in [6.07, 6.45) is 11.1. The molecule has 0 fully saturated rings. The largest absolute Gasteiger partial charge is 0.493 e. The number of amides is 1. The number of allylic oxidation sites excluding steroid dienone is 6. The minimum Gasteiger partial charge on any atom is -0.493 e. The normalized spacial score (nSPS) is 13.9. The fourth-order valence-corrected chi connectivity index (χ4v) is 2.32. The molecule has 0 spiro atoms. The number of nitrogens with one attached hydrogen (secondary N) is 1. The lowest BCUT2D eigenvalue weighted by molar-refractivity contribution is -0.112. The quantitative estimate of drug-likeness (QED) is 0.226. The Morgan fingerprint density at radius 2 is 2.16 bits per heavy atom. The number of nitrogens with zero attached hydrogens (tertiary/aromatic N) is 2. The molecule has 1 aromatic rings. The van der Waals surface area contributed by atoms with Crippen LogP contribution in [0.1, 0.15) is 13.8 Å². The van der Waals surface area contributed by atoms with Gasteiger partial charge in [-0.1, -0.05) is 6.58 Å². The summed E-state index contributed by atoms with van der Waals surface area (Å²) in [5, 5.41) is 6.64. The third-order valence-electron chi connectivity index (χ3n) is 3.61. The second-order valence-electron chi connectivity index (χ2n) is 6.54. The van der Waals surface area contributed by atoms with Gasteiger partial charge in [0.1, 0.15) is 24.4 Å². The Morgan fingerprint density at radius 3 is 2.72 bits per heavy atom. The van der Waals surface area contributed by atoms with Crippen LogP contribution in [0.4, 0.5) is 14.6 Å². The van der Waals surface area contributed by atoms with Gasteiger partial charge in [-0.15, -0.1) is 6.42 Å². The van der Waals surface area contributed by atoms with Crippen LogP contribution in [0.3, 0.4) is 0 Å². The van der Waals surface area contributed by atoms with Crippen LogP contribution in [-0.2, 0) is 26.1 Å². The number of aryl methyl sites for hydroxylation is 1. The number of rotatable bonds is 12. The van der Waals surface area contributed by atoms with Crippen molar-refractivity contribution < 1.29 is 27.8 Å². The van der Waals surface area contributed by atoms with E-state index >= 15 is 0 Å². The molecule has 0 aliphatic heterocycles. The molecule has 172 valence electrons. The van der Waals surface area contributed by atoms with E-state index in [1.54, 1.807) is 40.3 Å². The molecule has 0 aliphatic rings. The number of ether oxygens (including phenoxy) is 3. The molecule has 9 heteroatoms. The van der Waals surface area contributed by atoms with Crippen LogP contribution in [0.15, 0.2) is 71.8 Å². The maximum atomic E-state index is 13.7. The maximum absolute atomic E-state index is 13.7. The molecular formula is C23H27F2N3O4. The van der Waals surface area contributed by atoms with E-state index in [0.717, 1.165) is 6.08 Å². The minimum atomic E-state index is -1.00. The highest BCUT2D eigenvalue weighted by molar-refractivity contribution is 6.04. The number of hydrogen-bond acceptors (Lipinski definition) is 5. The molecule has 0 saturated carbocycles. The fourth-order valence-electron chi connectivity index (χ4n) is 2.32. The number of methoxy groups -OCH3 is 1. The molecule has 1 unspecified atom stereocenters. The fraction of sp³-hybridized carbons (Fsp3) is 0.304. The molecule has 1 amide bonds. The number of carbonyl (C=O) groups excluding carboxylic acids is 1. The molecule has 1 atom stereocenters. The Hall–Kier alpha value is -3.64. The van der Waals surface area contributed by atoms with E-state index in [1.165, 1.54) is 16.8 Å². The summed E-state index contributed by atoms with van der Waals surface area (Å²) in [6, 6.07) is 1.61. The van der Waals surface area contributed by atoms with Crippen molar-refractivity contribution in [2.24, 2.45) is 7.05 Å². The molecule has 7 nitrogen and oxygen atoms in total. The van der Waals surface area contributed by atoms with Crippen molar-refractivity contribution >= 4 is 11.7 Å². The van der Waals surface area contributed by atoms with Gasteiger partial charge >= 0.3 is 0 Å². The Kier molecular flexibility index (Phi) is 11.2. The number of terminal acetylenes is 1. The first-order valence-electron chi connectivity index (χ1n) is 9.51. The lowest BCUT2D eigenvalue weighted by Gasteiger charge is -2.15. The predicted octanol–water partition coefficient (Wildman–Crippen LogP) is 4.11. The zero-order chi connectivity index (χ0) is 24.1. The smallest absolute Gasteiger partial charge is 0.256 e. The highest BCUT2D eigenvalue weighted by Crippen LogP contribution is 2.17. The molecule has 1 rings (SSSR count). The summed E-state index contributed by atoms with van der Waals surface area (Å²) in [7, 11) is 3.25. The van der Waals surface area contributed by atoms with Crippen LogP contribution < -0.4 is 5.32 Å². The van der Waals surface area contributed by atoms with Gasteiger partial charge in [0, 0.05) is 44.1 Å². The Bertz CT molecular complexity index is 968. The molecule has 1 N–H and O–H groups in total. The summed E-state index contributed by atoms with van der Waals surface area (Å²) >= 11 is 0. The van der Waals surface area contributed by atoms with E-state index in [9.17, 15) is 13.6 Å². The number of carbonyl (C=O) groups is 1. The Labute approximate surface area is 186 Å². The van der Waals surface area contributed by atoms with E-state index < -0.39 is 18.4 Å². The van der Waals surface area contributed by atoms with Crippen LogP contribution in [0, 0.1) is 12.3 Å². The van der Waals surface area contributed by atoms with E-state index in [-0.39, 0.29) is 23.2 Å². The van der Waals surface area contributed by atoms with E-state index in [4.69, 9.17) is 20.6 Å². The number of alkyl halides is 1. The summed E-state index contributed by atoms with van der Waals surface area (Å²) in [5.74, 6) is 1.26. The number of halogens is 2. The van der Waals surface area contributed by atoms with Crippen molar-refractivity contribution in [2.75, 3.05) is 25.7 Å². The lowest BCUT2D eigenvalue weighted by Crippen LogP contribution is -2.14. The summed E-state index contributed by atoms with van der Waals surface area (Å²) in [5.41, 5.74) is 0.00999. The van der Waals surface area contributed by atoms with Crippen molar-refractivity contribution in [3.05, 3.63) is 71.8 Å². The molecule has 1 aromatic heterocycles. The maximum Gasteiger partial charge on any atom is 0.256 e. The standard InChI is InChI=1S/C23H27F2N3O4/c1-7-20(14-19(25)8-10-24)32-21(13-17(3)31-18(4)15-30-6)12-16(2)23(29)26-22-9-11-28(5)27-22/h1,8-9,11-14,18H,2,10,15H2,3-6H3,(H,26,27,29)/b17-13+,19-8+,20-14+,21-12+. The van der Waals surface area contributed by atoms with Gasteiger partial charge in [-0.05, 0) is 31.9 Å². The lowest BCUT2D eigenvalue weighted by atomic mass is 10.2. The number of aromatic nitrogens is 2. The molecule has 0 radical (unpaired) electrons. The first-order chi connectivity index (χ1) is 15.2.